The third kappa shape index (κ3) is 3.15. The first-order valence-corrected chi connectivity index (χ1v) is 11.3. The summed E-state index contributed by atoms with van der Waals surface area (Å²) >= 11 is 4.25. The summed E-state index contributed by atoms with van der Waals surface area (Å²) in [5.41, 5.74) is 1.58. The van der Waals surface area contributed by atoms with Crippen molar-refractivity contribution in [2.45, 2.75) is 77.6 Å². The Bertz CT molecular complexity index is 669. The molecule has 27 heavy (non-hydrogen) atoms. The monoisotopic (exact) mass is 390 g/mol. The molecule has 0 aromatic heterocycles. The zero-order chi connectivity index (χ0) is 19.4. The summed E-state index contributed by atoms with van der Waals surface area (Å²) in [6.45, 7) is 6.87. The highest BCUT2D eigenvalue weighted by atomic mass is 32.1. The summed E-state index contributed by atoms with van der Waals surface area (Å²) in [6.07, 6.45) is 10.5. The molecule has 0 aromatic carbocycles. The minimum atomic E-state index is -0.188. The third-order valence-corrected chi connectivity index (χ3v) is 8.97. The van der Waals surface area contributed by atoms with Crippen LogP contribution in [0.1, 0.15) is 72.1 Å². The Balaban J connectivity index is 1.55. The van der Waals surface area contributed by atoms with Crippen molar-refractivity contribution >= 4 is 24.2 Å². The first-order valence-electron chi connectivity index (χ1n) is 10.8. The summed E-state index contributed by atoms with van der Waals surface area (Å²) in [4.78, 5) is 24.8. The second-order valence-corrected chi connectivity index (χ2v) is 10.7. The van der Waals surface area contributed by atoms with Crippen LogP contribution in [-0.4, -0.2) is 23.6 Å². The Morgan fingerprint density at radius 3 is 2.70 bits per heavy atom. The van der Waals surface area contributed by atoms with E-state index in [1.165, 1.54) is 24.8 Å². The summed E-state index contributed by atoms with van der Waals surface area (Å²) in [5, 5.41) is 0. The van der Waals surface area contributed by atoms with Crippen LogP contribution in [0.3, 0.4) is 0 Å². The summed E-state index contributed by atoms with van der Waals surface area (Å²) in [6, 6.07) is 0. The van der Waals surface area contributed by atoms with Gasteiger partial charge >= 0.3 is 0 Å². The number of carbonyl (C=O) groups excluding carboxylic acids is 2. The van der Waals surface area contributed by atoms with Gasteiger partial charge < -0.3 is 4.74 Å². The number of rotatable bonds is 4. The zero-order valence-electron chi connectivity index (χ0n) is 17.0. The van der Waals surface area contributed by atoms with Crippen LogP contribution in [0.4, 0.5) is 0 Å². The molecule has 3 fully saturated rings. The molecular weight excluding hydrogens is 356 g/mol. The van der Waals surface area contributed by atoms with Gasteiger partial charge in [0.15, 0.2) is 11.6 Å². The Hall–Kier alpha value is -0.610. The van der Waals surface area contributed by atoms with Crippen molar-refractivity contribution in [3.05, 3.63) is 11.6 Å². The first-order chi connectivity index (χ1) is 12.8. The molecule has 4 aliphatic carbocycles. The molecule has 0 bridgehead atoms. The van der Waals surface area contributed by atoms with E-state index in [9.17, 15) is 9.59 Å². The minimum absolute atomic E-state index is 0.128. The molecule has 7 atom stereocenters. The smallest absolute Gasteiger partial charge is 0.162 e. The Morgan fingerprint density at radius 2 is 1.96 bits per heavy atom. The van der Waals surface area contributed by atoms with E-state index in [0.717, 1.165) is 25.7 Å². The molecule has 2 unspecified atom stereocenters. The minimum Gasteiger partial charge on any atom is -0.360 e. The van der Waals surface area contributed by atoms with Crippen molar-refractivity contribution in [2.24, 2.45) is 34.5 Å². The number of Topliss-reactive ketones (excluding diaryl/α,β-unsaturated/α-hetero) is 1. The molecule has 0 aromatic rings. The molecule has 0 saturated heterocycles. The second-order valence-electron chi connectivity index (χ2n) is 10.0. The maximum Gasteiger partial charge on any atom is 0.162 e. The highest BCUT2D eigenvalue weighted by molar-refractivity contribution is 7.80. The van der Waals surface area contributed by atoms with Crippen molar-refractivity contribution in [2.75, 3.05) is 6.61 Å². The maximum absolute atomic E-state index is 12.9. The fourth-order valence-electron chi connectivity index (χ4n) is 7.39. The van der Waals surface area contributed by atoms with Crippen LogP contribution in [0.5, 0.6) is 0 Å². The summed E-state index contributed by atoms with van der Waals surface area (Å²) < 4.78 is 5.52. The largest absolute Gasteiger partial charge is 0.360 e. The van der Waals surface area contributed by atoms with Crippen LogP contribution in [-0.2, 0) is 14.3 Å². The van der Waals surface area contributed by atoms with Gasteiger partial charge in [-0.05, 0) is 86.5 Å². The van der Waals surface area contributed by atoms with E-state index >= 15 is 0 Å². The molecule has 0 spiro atoms. The normalized spacial score (nSPS) is 44.7. The number of ether oxygens (including phenoxy) is 1. The van der Waals surface area contributed by atoms with E-state index in [4.69, 9.17) is 4.74 Å². The fourth-order valence-corrected chi connectivity index (χ4v) is 7.47. The third-order valence-electron chi connectivity index (χ3n) is 8.82. The molecule has 4 aliphatic rings. The van der Waals surface area contributed by atoms with Crippen LogP contribution < -0.4 is 0 Å². The van der Waals surface area contributed by atoms with E-state index < -0.39 is 0 Å². The van der Waals surface area contributed by atoms with Gasteiger partial charge in [0.1, 0.15) is 6.61 Å². The van der Waals surface area contributed by atoms with E-state index in [1.54, 1.807) is 0 Å². The van der Waals surface area contributed by atoms with Gasteiger partial charge in [-0.2, -0.15) is 0 Å². The molecule has 4 rings (SSSR count). The Morgan fingerprint density at radius 1 is 1.19 bits per heavy atom. The molecule has 3 saturated carbocycles. The highest BCUT2D eigenvalue weighted by Gasteiger charge is 2.59. The van der Waals surface area contributed by atoms with E-state index in [2.05, 4.69) is 26.5 Å². The van der Waals surface area contributed by atoms with Crippen LogP contribution in [0.2, 0.25) is 0 Å². The predicted octanol–water partition coefficient (Wildman–Crippen LogP) is 5.00. The standard InChI is InChI=1S/C23H34O3S/c1-14(27)26-13-21(25)20-7-6-18-17-5-4-15-12-16(24)8-10-22(15,2)19(17)9-11-23(18,20)3/h12,14,17-20,27H,4-11,13H2,1-3H3/t14?,17-,18-,19?,20+,22-,23-/m0/s1. The van der Waals surface area contributed by atoms with E-state index in [-0.39, 0.29) is 34.6 Å². The molecule has 0 heterocycles. The van der Waals surface area contributed by atoms with Crippen LogP contribution in [0, 0.1) is 34.5 Å². The van der Waals surface area contributed by atoms with Crippen LogP contribution in [0.15, 0.2) is 11.6 Å². The number of hydrogen-bond donors (Lipinski definition) is 1. The fraction of sp³-hybridized carbons (Fsp3) is 0.826. The van der Waals surface area contributed by atoms with Gasteiger partial charge in [0.2, 0.25) is 0 Å². The van der Waals surface area contributed by atoms with Gasteiger partial charge in [-0.15, -0.1) is 12.6 Å². The molecular formula is C23H34O3S. The lowest BCUT2D eigenvalue weighted by atomic mass is 9.46. The highest BCUT2D eigenvalue weighted by Crippen LogP contribution is 2.66. The molecule has 0 N–H and O–H groups in total. The van der Waals surface area contributed by atoms with Gasteiger partial charge in [0.25, 0.3) is 0 Å². The van der Waals surface area contributed by atoms with Gasteiger partial charge in [-0.1, -0.05) is 19.4 Å². The predicted molar refractivity (Wildman–Crippen MR) is 110 cm³/mol. The zero-order valence-corrected chi connectivity index (χ0v) is 17.9. The number of carbonyl (C=O) groups is 2. The van der Waals surface area contributed by atoms with Gasteiger partial charge in [-0.3, -0.25) is 9.59 Å². The second kappa shape index (κ2) is 7.02. The number of allylic oxidation sites excluding steroid dienone is 1. The van der Waals surface area contributed by atoms with Crippen molar-refractivity contribution in [1.82, 2.24) is 0 Å². The Kier molecular flexibility index (Phi) is 5.12. The van der Waals surface area contributed by atoms with Crippen molar-refractivity contribution in [1.29, 1.82) is 0 Å². The van der Waals surface area contributed by atoms with Crippen molar-refractivity contribution in [3.63, 3.8) is 0 Å². The molecule has 4 heteroatoms. The summed E-state index contributed by atoms with van der Waals surface area (Å²) in [5.74, 6) is 2.80. The lowest BCUT2D eigenvalue weighted by Gasteiger charge is -2.58. The number of ketones is 2. The van der Waals surface area contributed by atoms with Crippen LogP contribution in [0.25, 0.3) is 0 Å². The average molecular weight is 391 g/mol. The number of hydrogen-bond acceptors (Lipinski definition) is 4. The molecule has 3 nitrogen and oxygen atoms in total. The summed E-state index contributed by atoms with van der Waals surface area (Å²) in [7, 11) is 0. The quantitative estimate of drug-likeness (QED) is 0.543. The van der Waals surface area contributed by atoms with Gasteiger partial charge in [0, 0.05) is 12.3 Å². The van der Waals surface area contributed by atoms with E-state index in [0.29, 0.717) is 30.0 Å². The van der Waals surface area contributed by atoms with Crippen LogP contribution >= 0.6 is 12.6 Å². The molecule has 150 valence electrons. The topological polar surface area (TPSA) is 43.4 Å². The van der Waals surface area contributed by atoms with E-state index in [1.807, 2.05) is 13.0 Å². The molecule has 0 amide bonds. The maximum atomic E-state index is 12.9. The van der Waals surface area contributed by atoms with Gasteiger partial charge in [-0.25, -0.2) is 0 Å². The number of fused-ring (bicyclic) bond motifs is 5. The molecule has 0 aliphatic heterocycles. The lowest BCUT2D eigenvalue weighted by molar-refractivity contribution is -0.135. The number of thiol groups is 1. The first kappa shape index (κ1) is 19.7. The molecule has 0 radical (unpaired) electrons. The van der Waals surface area contributed by atoms with Crippen molar-refractivity contribution < 1.29 is 14.3 Å². The van der Waals surface area contributed by atoms with Gasteiger partial charge in [0.05, 0.1) is 5.44 Å². The Labute approximate surface area is 169 Å². The SMILES string of the molecule is CC(S)OCC(=O)[C@H]1CC[C@H]2[C@@H]3CCC4=CC(=O)CC[C@]4(C)C3CC[C@]12C. The average Bonchev–Trinajstić information content (AvgIpc) is 2.97. The van der Waals surface area contributed by atoms with Crippen molar-refractivity contribution in [3.8, 4) is 0 Å². The lowest BCUT2D eigenvalue weighted by Crippen LogP contribution is -2.51.